The van der Waals surface area contributed by atoms with Crippen LogP contribution >= 0.6 is 23.2 Å². The van der Waals surface area contributed by atoms with Crippen molar-refractivity contribution in [1.82, 2.24) is 18.9 Å². The zero-order valence-electron chi connectivity index (χ0n) is 21.0. The number of ether oxygens (including phenoxy) is 1. The summed E-state index contributed by atoms with van der Waals surface area (Å²) in [6, 6.07) is 5.65. The molecule has 2 unspecified atom stereocenters. The van der Waals surface area contributed by atoms with Crippen molar-refractivity contribution in [3.63, 3.8) is 0 Å². The van der Waals surface area contributed by atoms with Crippen LogP contribution in [0, 0.1) is 5.92 Å². The van der Waals surface area contributed by atoms with E-state index in [1.807, 2.05) is 30.8 Å². The first-order valence-electron chi connectivity index (χ1n) is 12.8. The molecule has 1 aliphatic heterocycles. The summed E-state index contributed by atoms with van der Waals surface area (Å²) < 4.78 is 10.6. The number of nitrogens with one attached hydrogen (secondary N) is 2. The van der Waals surface area contributed by atoms with E-state index in [4.69, 9.17) is 27.9 Å². The van der Waals surface area contributed by atoms with E-state index < -0.39 is 0 Å². The molecule has 0 spiro atoms. The number of aromatic nitrogens is 4. The molecule has 37 heavy (non-hydrogen) atoms. The van der Waals surface area contributed by atoms with Gasteiger partial charge < -0.3 is 19.9 Å². The highest BCUT2D eigenvalue weighted by molar-refractivity contribution is 6.31. The lowest BCUT2D eigenvalue weighted by molar-refractivity contribution is 0.0687. The Morgan fingerprint density at radius 2 is 1.81 bits per heavy atom. The van der Waals surface area contributed by atoms with Crippen molar-refractivity contribution in [3.8, 4) is 5.82 Å². The van der Waals surface area contributed by atoms with Gasteiger partial charge in [0.15, 0.2) is 5.82 Å². The van der Waals surface area contributed by atoms with Gasteiger partial charge in [0.2, 0.25) is 0 Å². The van der Waals surface area contributed by atoms with E-state index in [2.05, 4.69) is 15.7 Å². The van der Waals surface area contributed by atoms with Gasteiger partial charge in [-0.3, -0.25) is 18.8 Å². The molecule has 1 saturated carbocycles. The Hall–Kier alpha value is -2.75. The third-order valence-corrected chi connectivity index (χ3v) is 7.33. The lowest BCUT2D eigenvalue weighted by Gasteiger charge is -2.25. The van der Waals surface area contributed by atoms with Crippen molar-refractivity contribution in [2.75, 3.05) is 30.4 Å². The van der Waals surface area contributed by atoms with Crippen LogP contribution in [0.25, 0.3) is 5.82 Å². The smallest absolute Gasteiger partial charge is 0.279 e. The monoisotopic (exact) mass is 546 g/mol. The van der Waals surface area contributed by atoms with E-state index in [0.717, 1.165) is 25.7 Å². The molecule has 0 amide bonds. The fourth-order valence-corrected chi connectivity index (χ4v) is 5.38. The molecule has 0 radical (unpaired) electrons. The second kappa shape index (κ2) is 10.9. The van der Waals surface area contributed by atoms with Crippen molar-refractivity contribution in [1.29, 1.82) is 0 Å². The number of halogens is 2. The van der Waals surface area contributed by atoms with Crippen molar-refractivity contribution < 1.29 is 4.74 Å². The Morgan fingerprint density at radius 3 is 2.57 bits per heavy atom. The quantitative estimate of drug-likeness (QED) is 0.402. The predicted octanol–water partition coefficient (Wildman–Crippen LogP) is 4.74. The van der Waals surface area contributed by atoms with Crippen LogP contribution in [0.2, 0.25) is 10.0 Å². The highest BCUT2D eigenvalue weighted by atomic mass is 35.5. The molecule has 2 fully saturated rings. The molecule has 198 valence electrons. The van der Waals surface area contributed by atoms with Crippen LogP contribution in [0.15, 0.2) is 46.4 Å². The first-order valence-corrected chi connectivity index (χ1v) is 13.5. The van der Waals surface area contributed by atoms with Gasteiger partial charge in [0.05, 0.1) is 16.1 Å². The highest BCUT2D eigenvalue weighted by Crippen LogP contribution is 2.45. The van der Waals surface area contributed by atoms with Crippen LogP contribution in [0.1, 0.15) is 51.6 Å². The van der Waals surface area contributed by atoms with Gasteiger partial charge in [-0.05, 0) is 57.6 Å². The van der Waals surface area contributed by atoms with Crippen LogP contribution in [0.3, 0.4) is 0 Å². The molecule has 3 aromatic rings. The fraction of sp³-hybridized carbons (Fsp3) is 0.500. The molecule has 1 saturated heterocycles. The third kappa shape index (κ3) is 5.89. The van der Waals surface area contributed by atoms with Gasteiger partial charge in [-0.15, -0.1) is 0 Å². The average molecular weight is 547 g/mol. The number of anilines is 2. The molecule has 3 aromatic heterocycles. The molecule has 0 aromatic carbocycles. The zero-order valence-corrected chi connectivity index (χ0v) is 22.5. The molecular weight excluding hydrogens is 515 g/mol. The van der Waals surface area contributed by atoms with E-state index in [0.29, 0.717) is 52.9 Å². The van der Waals surface area contributed by atoms with E-state index in [1.54, 1.807) is 29.1 Å². The van der Waals surface area contributed by atoms with Crippen LogP contribution in [-0.2, 0) is 4.74 Å². The van der Waals surface area contributed by atoms with Crippen molar-refractivity contribution in [3.05, 3.63) is 67.5 Å². The number of hydrogen-bond acceptors (Lipinski definition) is 6. The van der Waals surface area contributed by atoms with Gasteiger partial charge in [-0.2, -0.15) is 5.10 Å². The summed E-state index contributed by atoms with van der Waals surface area (Å²) in [5.74, 6) is 0.974. The summed E-state index contributed by atoms with van der Waals surface area (Å²) in [5, 5.41) is 12.1. The maximum absolute atomic E-state index is 13.0. The summed E-state index contributed by atoms with van der Waals surface area (Å²) in [6.45, 7) is 5.92. The van der Waals surface area contributed by atoms with Gasteiger partial charge in [-0.25, -0.2) is 0 Å². The normalized spacial score (nSPS) is 19.8. The van der Waals surface area contributed by atoms with Crippen LogP contribution < -0.4 is 21.8 Å². The van der Waals surface area contributed by atoms with Crippen LogP contribution in [0.5, 0.6) is 0 Å². The van der Waals surface area contributed by atoms with E-state index in [1.165, 1.54) is 4.57 Å². The summed E-state index contributed by atoms with van der Waals surface area (Å²) in [4.78, 5) is 25.9. The maximum atomic E-state index is 13.0. The average Bonchev–Trinajstić information content (AvgIpc) is 3.47. The lowest BCUT2D eigenvalue weighted by atomic mass is 10.1. The highest BCUT2D eigenvalue weighted by Gasteiger charge is 2.39. The molecule has 9 nitrogen and oxygen atoms in total. The fourth-order valence-electron chi connectivity index (χ4n) is 4.96. The first-order chi connectivity index (χ1) is 17.8. The van der Waals surface area contributed by atoms with Gasteiger partial charge in [0.25, 0.3) is 11.1 Å². The summed E-state index contributed by atoms with van der Waals surface area (Å²) in [5.41, 5.74) is 0.750. The first kappa shape index (κ1) is 25.9. The molecule has 0 bridgehead atoms. The van der Waals surface area contributed by atoms with Crippen LogP contribution in [0.4, 0.5) is 11.4 Å². The standard InChI is InChI=1S/C26H32Cl2N6O3/c1-16(2)30-22-13-19(28)15-33(26(22)36)24-4-8-34(31-24)23-11-17(23)3-7-29-21-12-18(27)14-32(25(21)35)20-5-9-37-10-6-20/h4,8,12-17,20,23,29-30H,3,5-7,9-11H2,1-2H3. The Balaban J connectivity index is 1.21. The van der Waals surface area contributed by atoms with E-state index in [-0.39, 0.29) is 29.2 Å². The molecule has 2 atom stereocenters. The maximum Gasteiger partial charge on any atom is 0.279 e. The minimum absolute atomic E-state index is 0.0429. The van der Waals surface area contributed by atoms with Crippen LogP contribution in [-0.4, -0.2) is 44.7 Å². The second-order valence-electron chi connectivity index (χ2n) is 10.1. The molecule has 4 heterocycles. The SMILES string of the molecule is CC(C)Nc1cc(Cl)cn(-c2ccn(C3CC3CCNc3cc(Cl)cn(C4CCOCC4)c3=O)n2)c1=O. The van der Waals surface area contributed by atoms with Crippen molar-refractivity contribution in [2.45, 2.75) is 57.7 Å². The summed E-state index contributed by atoms with van der Waals surface area (Å²) >= 11 is 12.6. The molecule has 2 aliphatic rings. The lowest BCUT2D eigenvalue weighted by Crippen LogP contribution is -2.30. The summed E-state index contributed by atoms with van der Waals surface area (Å²) in [6.07, 6.45) is 8.73. The Bertz CT molecular complexity index is 1380. The van der Waals surface area contributed by atoms with Gasteiger partial charge >= 0.3 is 0 Å². The van der Waals surface area contributed by atoms with Crippen molar-refractivity contribution in [2.24, 2.45) is 5.92 Å². The number of rotatable bonds is 9. The number of hydrogen-bond donors (Lipinski definition) is 2. The zero-order chi connectivity index (χ0) is 26.1. The van der Waals surface area contributed by atoms with Crippen molar-refractivity contribution >= 4 is 34.6 Å². The van der Waals surface area contributed by atoms with Gasteiger partial charge in [0, 0.05) is 56.5 Å². The Kier molecular flexibility index (Phi) is 7.65. The molecular formula is C26H32Cl2N6O3. The minimum Gasteiger partial charge on any atom is -0.381 e. The Labute approximate surface area is 225 Å². The van der Waals surface area contributed by atoms with Gasteiger partial charge in [-0.1, -0.05) is 23.2 Å². The molecule has 2 N–H and O–H groups in total. The topological polar surface area (TPSA) is 95.1 Å². The largest absolute Gasteiger partial charge is 0.381 e. The minimum atomic E-state index is -0.187. The second-order valence-corrected chi connectivity index (χ2v) is 11.0. The molecule has 5 rings (SSSR count). The van der Waals surface area contributed by atoms with E-state index in [9.17, 15) is 9.59 Å². The van der Waals surface area contributed by atoms with E-state index >= 15 is 0 Å². The summed E-state index contributed by atoms with van der Waals surface area (Å²) in [7, 11) is 0. The third-order valence-electron chi connectivity index (χ3n) is 6.92. The Morgan fingerprint density at radius 1 is 1.08 bits per heavy atom. The number of nitrogens with zero attached hydrogens (tertiary/aromatic N) is 4. The molecule has 1 aliphatic carbocycles. The predicted molar refractivity (Wildman–Crippen MR) is 147 cm³/mol. The van der Waals surface area contributed by atoms with Gasteiger partial charge in [0.1, 0.15) is 11.4 Å². The number of pyridine rings is 2. The molecule has 11 heteroatoms.